The van der Waals surface area contributed by atoms with Gasteiger partial charge in [-0.3, -0.25) is 0 Å². The Morgan fingerprint density at radius 3 is 2.89 bits per heavy atom. The van der Waals surface area contributed by atoms with Crippen LogP contribution in [0.5, 0.6) is 0 Å². The Hall–Kier alpha value is -0.500. The van der Waals surface area contributed by atoms with Gasteiger partial charge in [-0.1, -0.05) is 6.92 Å². The molecule has 0 aliphatic carbocycles. The molecule has 2 N–H and O–H groups in total. The molecule has 0 amide bonds. The van der Waals surface area contributed by atoms with Gasteiger partial charge >= 0.3 is 0 Å². The van der Waals surface area contributed by atoms with Crippen molar-refractivity contribution in [3.8, 4) is 0 Å². The van der Waals surface area contributed by atoms with E-state index in [0.29, 0.717) is 11.0 Å². The first-order chi connectivity index (χ1) is 8.90. The number of hydrogen-bond donors (Lipinski definition) is 2. The van der Waals surface area contributed by atoms with E-state index in [0.717, 1.165) is 19.0 Å². The van der Waals surface area contributed by atoms with Crippen molar-refractivity contribution in [2.45, 2.75) is 24.3 Å². The average Bonchev–Trinajstić information content (AvgIpc) is 2.35. The van der Waals surface area contributed by atoms with Crippen molar-refractivity contribution < 1.29 is 12.8 Å². The third-order valence-electron chi connectivity index (χ3n) is 3.32. The van der Waals surface area contributed by atoms with E-state index in [2.05, 4.69) is 26.0 Å². The van der Waals surface area contributed by atoms with Gasteiger partial charge in [0.1, 0.15) is 5.82 Å². The van der Waals surface area contributed by atoms with Gasteiger partial charge in [-0.05, 0) is 53.0 Å². The van der Waals surface area contributed by atoms with Crippen molar-refractivity contribution in [2.24, 2.45) is 5.92 Å². The molecule has 1 saturated heterocycles. The molecule has 2 rings (SSSR count). The van der Waals surface area contributed by atoms with Crippen LogP contribution in [0.3, 0.4) is 0 Å². The van der Waals surface area contributed by atoms with E-state index in [4.69, 9.17) is 0 Å². The molecule has 1 aromatic rings. The summed E-state index contributed by atoms with van der Waals surface area (Å²) in [4.78, 5) is -0.0646. The second-order valence-electron chi connectivity index (χ2n) is 4.77. The van der Waals surface area contributed by atoms with Gasteiger partial charge < -0.3 is 5.32 Å². The SMILES string of the molecule is CC1CCNCC1NS(=O)(=O)c1cc(F)ccc1Br. The van der Waals surface area contributed by atoms with E-state index < -0.39 is 15.8 Å². The minimum absolute atomic E-state index is 0.0646. The maximum atomic E-state index is 13.2. The molecule has 0 bridgehead atoms. The zero-order chi connectivity index (χ0) is 14.0. The zero-order valence-corrected chi connectivity index (χ0v) is 12.9. The standard InChI is InChI=1S/C12H16BrFN2O2S/c1-8-4-5-15-7-11(8)16-19(17,18)12-6-9(14)2-3-10(12)13/h2-3,6,8,11,15-16H,4-5,7H2,1H3. The molecule has 1 aliphatic rings. The number of rotatable bonds is 3. The van der Waals surface area contributed by atoms with Gasteiger partial charge in [0, 0.05) is 17.1 Å². The zero-order valence-electron chi connectivity index (χ0n) is 10.5. The minimum Gasteiger partial charge on any atom is -0.315 e. The molecule has 2 atom stereocenters. The lowest BCUT2D eigenvalue weighted by Crippen LogP contribution is -2.50. The Morgan fingerprint density at radius 1 is 1.47 bits per heavy atom. The van der Waals surface area contributed by atoms with Crippen molar-refractivity contribution >= 4 is 26.0 Å². The van der Waals surface area contributed by atoms with Crippen LogP contribution in [-0.4, -0.2) is 27.5 Å². The van der Waals surface area contributed by atoms with Crippen molar-refractivity contribution in [3.63, 3.8) is 0 Å². The van der Waals surface area contributed by atoms with Gasteiger partial charge in [0.05, 0.1) is 4.90 Å². The fraction of sp³-hybridized carbons (Fsp3) is 0.500. The number of piperidine rings is 1. The van der Waals surface area contributed by atoms with Gasteiger partial charge in [0.15, 0.2) is 0 Å². The lowest BCUT2D eigenvalue weighted by molar-refractivity contribution is 0.327. The smallest absolute Gasteiger partial charge is 0.242 e. The van der Waals surface area contributed by atoms with E-state index in [1.807, 2.05) is 6.92 Å². The fourth-order valence-corrected chi connectivity index (χ4v) is 4.41. The van der Waals surface area contributed by atoms with Gasteiger partial charge in [-0.15, -0.1) is 0 Å². The molecular weight excluding hydrogens is 335 g/mol. The van der Waals surface area contributed by atoms with Crippen molar-refractivity contribution in [3.05, 3.63) is 28.5 Å². The number of halogens is 2. The van der Waals surface area contributed by atoms with Crippen LogP contribution in [-0.2, 0) is 10.0 Å². The maximum absolute atomic E-state index is 13.2. The van der Waals surface area contributed by atoms with Crippen LogP contribution in [0.25, 0.3) is 0 Å². The van der Waals surface area contributed by atoms with Gasteiger partial charge in [-0.2, -0.15) is 0 Å². The summed E-state index contributed by atoms with van der Waals surface area (Å²) in [6, 6.07) is 3.46. The van der Waals surface area contributed by atoms with Gasteiger partial charge in [0.25, 0.3) is 0 Å². The second-order valence-corrected chi connectivity index (χ2v) is 7.31. The molecule has 1 aromatic carbocycles. The third kappa shape index (κ3) is 3.53. The predicted molar refractivity (Wildman–Crippen MR) is 74.9 cm³/mol. The maximum Gasteiger partial charge on any atom is 0.242 e. The Balaban J connectivity index is 2.24. The summed E-state index contributed by atoms with van der Waals surface area (Å²) in [5.41, 5.74) is 0. The van der Waals surface area contributed by atoms with Gasteiger partial charge in [-0.25, -0.2) is 17.5 Å². The van der Waals surface area contributed by atoms with E-state index in [1.54, 1.807) is 0 Å². The molecule has 0 spiro atoms. The topological polar surface area (TPSA) is 58.2 Å². The number of nitrogens with one attached hydrogen (secondary N) is 2. The van der Waals surface area contributed by atoms with E-state index >= 15 is 0 Å². The fourth-order valence-electron chi connectivity index (χ4n) is 2.09. The summed E-state index contributed by atoms with van der Waals surface area (Å²) in [5, 5.41) is 3.15. The molecule has 4 nitrogen and oxygen atoms in total. The summed E-state index contributed by atoms with van der Waals surface area (Å²) >= 11 is 3.14. The molecule has 1 heterocycles. The first-order valence-corrected chi connectivity index (χ1v) is 8.36. The molecule has 0 radical (unpaired) electrons. The van der Waals surface area contributed by atoms with Gasteiger partial charge in [0.2, 0.25) is 10.0 Å². The first kappa shape index (κ1) is 14.9. The van der Waals surface area contributed by atoms with Crippen molar-refractivity contribution in [1.82, 2.24) is 10.0 Å². The van der Waals surface area contributed by atoms with Crippen LogP contribution in [0.2, 0.25) is 0 Å². The summed E-state index contributed by atoms with van der Waals surface area (Å²) in [7, 11) is -3.72. The number of hydrogen-bond acceptors (Lipinski definition) is 3. The summed E-state index contributed by atoms with van der Waals surface area (Å²) in [6.45, 7) is 3.49. The first-order valence-electron chi connectivity index (χ1n) is 6.08. The largest absolute Gasteiger partial charge is 0.315 e. The van der Waals surface area contributed by atoms with E-state index in [9.17, 15) is 12.8 Å². The summed E-state index contributed by atoms with van der Waals surface area (Å²) < 4.78 is 40.8. The average molecular weight is 351 g/mol. The van der Waals surface area contributed by atoms with Crippen LogP contribution in [0.15, 0.2) is 27.6 Å². The van der Waals surface area contributed by atoms with Crippen molar-refractivity contribution in [1.29, 1.82) is 0 Å². The Labute approximate surface area is 121 Å². The highest BCUT2D eigenvalue weighted by Gasteiger charge is 2.27. The molecule has 2 unspecified atom stereocenters. The number of sulfonamides is 1. The number of benzene rings is 1. The van der Waals surface area contributed by atoms with Crippen LogP contribution < -0.4 is 10.0 Å². The molecule has 106 valence electrons. The summed E-state index contributed by atoms with van der Waals surface area (Å²) in [5.74, 6) is -0.318. The second kappa shape index (κ2) is 5.87. The summed E-state index contributed by atoms with van der Waals surface area (Å²) in [6.07, 6.45) is 0.914. The highest BCUT2D eigenvalue weighted by atomic mass is 79.9. The van der Waals surface area contributed by atoms with Crippen LogP contribution in [0, 0.1) is 11.7 Å². The normalized spacial score (nSPS) is 24.4. The van der Waals surface area contributed by atoms with E-state index in [-0.39, 0.29) is 16.9 Å². The minimum atomic E-state index is -3.72. The Bertz CT molecular complexity index is 565. The van der Waals surface area contributed by atoms with Crippen LogP contribution in [0.1, 0.15) is 13.3 Å². The highest BCUT2D eigenvalue weighted by molar-refractivity contribution is 9.10. The molecule has 19 heavy (non-hydrogen) atoms. The lowest BCUT2D eigenvalue weighted by Gasteiger charge is -2.30. The molecular formula is C12H16BrFN2O2S. The Morgan fingerprint density at radius 2 is 2.21 bits per heavy atom. The molecule has 1 aliphatic heterocycles. The van der Waals surface area contributed by atoms with Crippen LogP contribution >= 0.6 is 15.9 Å². The highest BCUT2D eigenvalue weighted by Crippen LogP contribution is 2.24. The lowest BCUT2D eigenvalue weighted by atomic mass is 9.96. The predicted octanol–water partition coefficient (Wildman–Crippen LogP) is 1.86. The molecule has 0 aromatic heterocycles. The molecule has 0 saturated carbocycles. The monoisotopic (exact) mass is 350 g/mol. The van der Waals surface area contributed by atoms with Crippen molar-refractivity contribution in [2.75, 3.05) is 13.1 Å². The third-order valence-corrected chi connectivity index (χ3v) is 5.80. The molecule has 7 heteroatoms. The quantitative estimate of drug-likeness (QED) is 0.874. The molecule has 1 fully saturated rings. The Kier molecular flexibility index (Phi) is 4.60. The van der Waals surface area contributed by atoms with Crippen LogP contribution in [0.4, 0.5) is 4.39 Å². The van der Waals surface area contributed by atoms with E-state index in [1.165, 1.54) is 12.1 Å².